The van der Waals surface area contributed by atoms with Gasteiger partial charge >= 0.3 is 0 Å². The molecular weight excluding hydrogens is 352 g/mol. The van der Waals surface area contributed by atoms with Gasteiger partial charge in [-0.2, -0.15) is 0 Å². The van der Waals surface area contributed by atoms with Crippen molar-refractivity contribution in [2.45, 2.75) is 32.8 Å². The second kappa shape index (κ2) is 9.82. The number of anilines is 1. The summed E-state index contributed by atoms with van der Waals surface area (Å²) in [4.78, 5) is 24.2. The van der Waals surface area contributed by atoms with Crippen LogP contribution in [0.4, 0.5) is 5.69 Å². The number of amides is 2. The van der Waals surface area contributed by atoms with Crippen molar-refractivity contribution in [3.63, 3.8) is 0 Å². The number of nitrogens with one attached hydrogen (secondary N) is 2. The van der Waals surface area contributed by atoms with Crippen molar-refractivity contribution >= 4 is 29.1 Å². The van der Waals surface area contributed by atoms with Crippen LogP contribution in [-0.2, 0) is 4.79 Å². The van der Waals surface area contributed by atoms with E-state index in [2.05, 4.69) is 17.6 Å². The van der Waals surface area contributed by atoms with Gasteiger partial charge < -0.3 is 15.4 Å². The molecule has 2 N–H and O–H groups in total. The van der Waals surface area contributed by atoms with Crippen molar-refractivity contribution in [1.82, 2.24) is 5.32 Å². The molecule has 0 spiro atoms. The number of hydrogen-bond donors (Lipinski definition) is 2. The summed E-state index contributed by atoms with van der Waals surface area (Å²) in [6.07, 6.45) is 1.26. The van der Waals surface area contributed by atoms with Gasteiger partial charge in [0.1, 0.15) is 5.75 Å². The average molecular weight is 375 g/mol. The van der Waals surface area contributed by atoms with Crippen molar-refractivity contribution in [1.29, 1.82) is 0 Å². The first kappa shape index (κ1) is 19.8. The fraction of sp³-hybridized carbons (Fsp3) is 0.300. The second-order valence-electron chi connectivity index (χ2n) is 5.87. The number of unbranched alkanes of at least 4 members (excludes halogenated alkanes) is 1. The fourth-order valence-electron chi connectivity index (χ4n) is 2.21. The molecule has 0 bridgehead atoms. The van der Waals surface area contributed by atoms with Crippen LogP contribution in [0.2, 0.25) is 5.02 Å². The smallest absolute Gasteiger partial charge is 0.265 e. The van der Waals surface area contributed by atoms with Crippen LogP contribution < -0.4 is 15.4 Å². The van der Waals surface area contributed by atoms with Crippen molar-refractivity contribution in [3.05, 3.63) is 59.1 Å². The Kier molecular flexibility index (Phi) is 7.48. The summed E-state index contributed by atoms with van der Waals surface area (Å²) >= 11 is 6.03. The lowest BCUT2D eigenvalue weighted by molar-refractivity contribution is -0.122. The quantitative estimate of drug-likeness (QED) is 0.678. The minimum Gasteiger partial charge on any atom is -0.479 e. The number of benzene rings is 2. The fourth-order valence-corrected chi connectivity index (χ4v) is 2.39. The zero-order chi connectivity index (χ0) is 18.9. The van der Waals surface area contributed by atoms with Crippen molar-refractivity contribution in [3.8, 4) is 5.75 Å². The molecule has 1 atom stereocenters. The molecule has 6 heteroatoms. The molecule has 0 heterocycles. The van der Waals surface area contributed by atoms with Crippen LogP contribution in [-0.4, -0.2) is 24.5 Å². The summed E-state index contributed by atoms with van der Waals surface area (Å²) in [6, 6.07) is 13.7. The molecule has 0 aliphatic heterocycles. The zero-order valence-electron chi connectivity index (χ0n) is 14.9. The summed E-state index contributed by atoms with van der Waals surface area (Å²) < 4.78 is 5.59. The van der Waals surface area contributed by atoms with Crippen LogP contribution in [0.15, 0.2) is 48.5 Å². The molecule has 26 heavy (non-hydrogen) atoms. The molecule has 2 aromatic rings. The summed E-state index contributed by atoms with van der Waals surface area (Å²) in [5.74, 6) is 0.0349. The Hall–Kier alpha value is -2.53. The molecule has 2 amide bonds. The lowest BCUT2D eigenvalue weighted by Gasteiger charge is -2.15. The lowest BCUT2D eigenvalue weighted by atomic mass is 10.2. The lowest BCUT2D eigenvalue weighted by Crippen LogP contribution is -2.30. The zero-order valence-corrected chi connectivity index (χ0v) is 15.7. The first-order chi connectivity index (χ1) is 12.5. The van der Waals surface area contributed by atoms with Gasteiger partial charge in [0.25, 0.3) is 11.8 Å². The molecule has 0 aliphatic carbocycles. The highest BCUT2D eigenvalue weighted by atomic mass is 35.5. The van der Waals surface area contributed by atoms with Gasteiger partial charge in [-0.05, 0) is 49.7 Å². The van der Waals surface area contributed by atoms with E-state index >= 15 is 0 Å². The van der Waals surface area contributed by atoms with Crippen LogP contribution >= 0.6 is 11.6 Å². The normalized spacial score (nSPS) is 11.5. The third-order valence-electron chi connectivity index (χ3n) is 3.74. The van der Waals surface area contributed by atoms with E-state index < -0.39 is 6.10 Å². The minimum atomic E-state index is -0.716. The Bertz CT molecular complexity index is 747. The minimum absolute atomic E-state index is 0.119. The summed E-state index contributed by atoms with van der Waals surface area (Å²) in [5, 5.41) is 6.06. The molecule has 0 aromatic heterocycles. The number of halogens is 1. The van der Waals surface area contributed by atoms with Crippen molar-refractivity contribution in [2.75, 3.05) is 11.9 Å². The molecule has 1 unspecified atom stereocenters. The van der Waals surface area contributed by atoms with Crippen LogP contribution in [0.5, 0.6) is 5.75 Å². The van der Waals surface area contributed by atoms with E-state index in [0.717, 1.165) is 12.8 Å². The molecule has 0 radical (unpaired) electrons. The Balaban J connectivity index is 1.90. The SMILES string of the molecule is CCCCNC(=O)c1ccc(NC(=O)C(C)Oc2ccccc2Cl)cc1. The van der Waals surface area contributed by atoms with Crippen molar-refractivity contribution in [2.24, 2.45) is 0 Å². The molecular formula is C20H23ClN2O3. The van der Waals surface area contributed by atoms with Crippen LogP contribution in [0.1, 0.15) is 37.0 Å². The molecule has 0 saturated heterocycles. The number of carbonyl (C=O) groups excluding carboxylic acids is 2. The van der Waals surface area contributed by atoms with E-state index in [1.807, 2.05) is 0 Å². The van der Waals surface area contributed by atoms with Gasteiger partial charge in [-0.3, -0.25) is 9.59 Å². The Morgan fingerprint density at radius 1 is 1.12 bits per heavy atom. The molecule has 5 nitrogen and oxygen atoms in total. The highest BCUT2D eigenvalue weighted by Gasteiger charge is 2.16. The first-order valence-electron chi connectivity index (χ1n) is 8.61. The average Bonchev–Trinajstić information content (AvgIpc) is 2.64. The second-order valence-corrected chi connectivity index (χ2v) is 6.27. The van der Waals surface area contributed by atoms with Crippen LogP contribution in [0.25, 0.3) is 0 Å². The third-order valence-corrected chi connectivity index (χ3v) is 4.05. The van der Waals surface area contributed by atoms with Crippen molar-refractivity contribution < 1.29 is 14.3 Å². The van der Waals surface area contributed by atoms with Gasteiger partial charge in [-0.1, -0.05) is 37.1 Å². The molecule has 0 fully saturated rings. The van der Waals surface area contributed by atoms with Gasteiger partial charge in [0.15, 0.2) is 6.10 Å². The summed E-state index contributed by atoms with van der Waals surface area (Å²) in [7, 11) is 0. The number of ether oxygens (including phenoxy) is 1. The molecule has 2 aromatic carbocycles. The van der Waals surface area contributed by atoms with Gasteiger partial charge in [0.2, 0.25) is 0 Å². The van der Waals surface area contributed by atoms with E-state index in [4.69, 9.17) is 16.3 Å². The number of carbonyl (C=O) groups is 2. The molecule has 138 valence electrons. The standard InChI is InChI=1S/C20H23ClN2O3/c1-3-4-13-22-20(25)15-9-11-16(12-10-15)23-19(24)14(2)26-18-8-6-5-7-17(18)21/h5-12,14H,3-4,13H2,1-2H3,(H,22,25)(H,23,24). The number of hydrogen-bond acceptors (Lipinski definition) is 3. The van der Waals surface area contributed by atoms with Crippen LogP contribution in [0, 0.1) is 0 Å². The number of para-hydroxylation sites is 1. The Morgan fingerprint density at radius 3 is 2.46 bits per heavy atom. The monoisotopic (exact) mass is 374 g/mol. The predicted molar refractivity (Wildman–Crippen MR) is 104 cm³/mol. The molecule has 0 aliphatic rings. The molecule has 2 rings (SSSR count). The maximum atomic E-state index is 12.3. The Morgan fingerprint density at radius 2 is 1.81 bits per heavy atom. The van der Waals surface area contributed by atoms with E-state index in [1.165, 1.54) is 0 Å². The van der Waals surface area contributed by atoms with E-state index in [1.54, 1.807) is 55.5 Å². The maximum absolute atomic E-state index is 12.3. The highest BCUT2D eigenvalue weighted by Crippen LogP contribution is 2.24. The first-order valence-corrected chi connectivity index (χ1v) is 8.99. The Labute approximate surface area is 158 Å². The van der Waals surface area contributed by atoms with Gasteiger partial charge in [-0.25, -0.2) is 0 Å². The predicted octanol–water partition coefficient (Wildman–Crippen LogP) is 4.28. The van der Waals surface area contributed by atoms with Gasteiger partial charge in [0, 0.05) is 17.8 Å². The van der Waals surface area contributed by atoms with Gasteiger partial charge in [0.05, 0.1) is 5.02 Å². The highest BCUT2D eigenvalue weighted by molar-refractivity contribution is 6.32. The maximum Gasteiger partial charge on any atom is 0.265 e. The van der Waals surface area contributed by atoms with E-state index in [-0.39, 0.29) is 11.8 Å². The third kappa shape index (κ3) is 5.77. The number of rotatable bonds is 8. The van der Waals surface area contributed by atoms with E-state index in [9.17, 15) is 9.59 Å². The van der Waals surface area contributed by atoms with Crippen LogP contribution in [0.3, 0.4) is 0 Å². The largest absolute Gasteiger partial charge is 0.479 e. The molecule has 0 saturated carbocycles. The summed E-state index contributed by atoms with van der Waals surface area (Å²) in [6.45, 7) is 4.37. The van der Waals surface area contributed by atoms with Gasteiger partial charge in [-0.15, -0.1) is 0 Å². The van der Waals surface area contributed by atoms with E-state index in [0.29, 0.717) is 28.6 Å². The topological polar surface area (TPSA) is 67.4 Å². The summed E-state index contributed by atoms with van der Waals surface area (Å²) in [5.41, 5.74) is 1.15.